The van der Waals surface area contributed by atoms with Gasteiger partial charge in [-0.2, -0.15) is 0 Å². The van der Waals surface area contributed by atoms with E-state index in [2.05, 4.69) is 13.8 Å². The third-order valence-corrected chi connectivity index (χ3v) is 3.69. The van der Waals surface area contributed by atoms with Gasteiger partial charge in [-0.1, -0.05) is 18.1 Å². The molecule has 0 aromatic rings. The summed E-state index contributed by atoms with van der Waals surface area (Å²) in [5.74, 6) is 0.824. The molecule has 0 saturated heterocycles. The lowest BCUT2D eigenvalue weighted by molar-refractivity contribution is -0.113. The summed E-state index contributed by atoms with van der Waals surface area (Å²) < 4.78 is 0. The van der Waals surface area contributed by atoms with E-state index in [1.165, 1.54) is 24.0 Å². The monoisotopic (exact) mass is 190 g/mol. The molecule has 0 heterocycles. The molecule has 1 atom stereocenters. The highest BCUT2D eigenvalue weighted by Gasteiger charge is 2.29. The average molecular weight is 190 g/mol. The Hall–Kier alpha value is -0.850. The van der Waals surface area contributed by atoms with Crippen molar-refractivity contribution in [2.45, 2.75) is 46.5 Å². The van der Waals surface area contributed by atoms with Crippen LogP contribution in [0.2, 0.25) is 0 Å². The summed E-state index contributed by atoms with van der Waals surface area (Å²) in [6.07, 6.45) is 4.66. The van der Waals surface area contributed by atoms with Gasteiger partial charge < -0.3 is 0 Å². The van der Waals surface area contributed by atoms with Gasteiger partial charge in [0.05, 0.1) is 0 Å². The molecule has 0 N–H and O–H groups in total. The van der Waals surface area contributed by atoms with Crippen molar-refractivity contribution in [2.24, 2.45) is 5.92 Å². The Morgan fingerprint density at radius 3 is 2.71 bits per heavy atom. The number of allylic oxidation sites excluding steroid dienone is 4. The Bertz CT molecular complexity index is 344. The predicted molar refractivity (Wildman–Crippen MR) is 58.0 cm³/mol. The highest BCUT2D eigenvalue weighted by molar-refractivity contribution is 6.10. The van der Waals surface area contributed by atoms with Gasteiger partial charge in [-0.3, -0.25) is 4.79 Å². The second kappa shape index (κ2) is 3.38. The molecule has 0 saturated carbocycles. The topological polar surface area (TPSA) is 17.1 Å². The van der Waals surface area contributed by atoms with Crippen LogP contribution in [0.1, 0.15) is 46.5 Å². The molecule has 0 radical (unpaired) electrons. The fourth-order valence-corrected chi connectivity index (χ4v) is 2.67. The molecular weight excluding hydrogens is 172 g/mol. The first-order valence-electron chi connectivity index (χ1n) is 5.54. The maximum Gasteiger partial charge on any atom is 0.184 e. The summed E-state index contributed by atoms with van der Waals surface area (Å²) in [5.41, 5.74) is 4.86. The number of rotatable bonds is 0. The summed E-state index contributed by atoms with van der Waals surface area (Å²) in [6, 6.07) is 0. The molecule has 1 nitrogen and oxygen atoms in total. The van der Waals surface area contributed by atoms with Gasteiger partial charge in [0.2, 0.25) is 0 Å². The summed E-state index contributed by atoms with van der Waals surface area (Å²) >= 11 is 0. The Morgan fingerprint density at radius 1 is 1.29 bits per heavy atom. The summed E-state index contributed by atoms with van der Waals surface area (Å²) in [7, 11) is 0. The molecule has 2 aliphatic carbocycles. The Morgan fingerprint density at radius 2 is 2.00 bits per heavy atom. The molecule has 0 aromatic heterocycles. The largest absolute Gasteiger partial charge is 0.289 e. The third-order valence-electron chi connectivity index (χ3n) is 3.69. The van der Waals surface area contributed by atoms with Gasteiger partial charge in [0.25, 0.3) is 0 Å². The van der Waals surface area contributed by atoms with Crippen LogP contribution in [0.15, 0.2) is 22.3 Å². The van der Waals surface area contributed by atoms with E-state index in [4.69, 9.17) is 0 Å². The van der Waals surface area contributed by atoms with Crippen molar-refractivity contribution in [1.82, 2.24) is 0 Å². The molecule has 14 heavy (non-hydrogen) atoms. The van der Waals surface area contributed by atoms with E-state index in [0.29, 0.717) is 11.7 Å². The molecular formula is C13H18O. The van der Waals surface area contributed by atoms with Crippen molar-refractivity contribution in [1.29, 1.82) is 0 Å². The van der Waals surface area contributed by atoms with Gasteiger partial charge in [-0.05, 0) is 51.0 Å². The highest BCUT2D eigenvalue weighted by atomic mass is 16.1. The van der Waals surface area contributed by atoms with Gasteiger partial charge >= 0.3 is 0 Å². The first-order valence-corrected chi connectivity index (χ1v) is 5.54. The maximum absolute atomic E-state index is 12.1. The van der Waals surface area contributed by atoms with Gasteiger partial charge in [0.15, 0.2) is 5.78 Å². The molecule has 2 aliphatic rings. The van der Waals surface area contributed by atoms with Crippen molar-refractivity contribution in [3.63, 3.8) is 0 Å². The van der Waals surface area contributed by atoms with Crippen LogP contribution in [0.4, 0.5) is 0 Å². The van der Waals surface area contributed by atoms with Crippen LogP contribution in [-0.2, 0) is 4.79 Å². The number of carbonyl (C=O) groups is 1. The molecule has 0 fully saturated rings. The van der Waals surface area contributed by atoms with Crippen LogP contribution in [-0.4, -0.2) is 5.78 Å². The molecule has 2 rings (SSSR count). The number of hydrogen-bond donors (Lipinski definition) is 0. The highest BCUT2D eigenvalue weighted by Crippen LogP contribution is 2.38. The fraction of sp³-hybridized carbons (Fsp3) is 0.615. The third kappa shape index (κ3) is 1.35. The van der Waals surface area contributed by atoms with Gasteiger partial charge in [0, 0.05) is 5.57 Å². The van der Waals surface area contributed by atoms with E-state index in [-0.39, 0.29) is 0 Å². The summed E-state index contributed by atoms with van der Waals surface area (Å²) in [6.45, 7) is 6.26. The average Bonchev–Trinajstić information content (AvgIpc) is 2.14. The van der Waals surface area contributed by atoms with Crippen molar-refractivity contribution in [2.75, 3.05) is 0 Å². The molecule has 0 bridgehead atoms. The molecule has 0 aliphatic heterocycles. The van der Waals surface area contributed by atoms with E-state index in [1.807, 2.05) is 6.92 Å². The van der Waals surface area contributed by atoms with Gasteiger partial charge in [-0.15, -0.1) is 0 Å². The zero-order valence-corrected chi connectivity index (χ0v) is 9.31. The zero-order valence-electron chi connectivity index (χ0n) is 9.31. The lowest BCUT2D eigenvalue weighted by Gasteiger charge is -2.29. The summed E-state index contributed by atoms with van der Waals surface area (Å²) in [5, 5.41) is 0. The normalized spacial score (nSPS) is 28.2. The fourth-order valence-electron chi connectivity index (χ4n) is 2.67. The van der Waals surface area contributed by atoms with Crippen LogP contribution in [0.5, 0.6) is 0 Å². The van der Waals surface area contributed by atoms with Crippen molar-refractivity contribution in [3.8, 4) is 0 Å². The van der Waals surface area contributed by atoms with Crippen molar-refractivity contribution >= 4 is 5.78 Å². The number of Topliss-reactive ketones (excluding diaryl/α,β-unsaturated/α-hetero) is 1. The lowest BCUT2D eigenvalue weighted by Crippen LogP contribution is -2.22. The molecule has 1 unspecified atom stereocenters. The van der Waals surface area contributed by atoms with Gasteiger partial charge in [-0.25, -0.2) is 0 Å². The summed E-state index contributed by atoms with van der Waals surface area (Å²) in [4.78, 5) is 12.1. The molecule has 1 heteroatoms. The Kier molecular flexibility index (Phi) is 2.34. The number of carbonyl (C=O) groups excluding carboxylic acids is 1. The maximum atomic E-state index is 12.1. The molecule has 76 valence electrons. The quantitative estimate of drug-likeness (QED) is 0.572. The minimum absolute atomic E-state index is 0.330. The van der Waals surface area contributed by atoms with Crippen molar-refractivity contribution in [3.05, 3.63) is 22.3 Å². The lowest BCUT2D eigenvalue weighted by atomic mass is 9.74. The first kappa shape index (κ1) is 9.70. The Labute approximate surface area is 85.9 Å². The van der Waals surface area contributed by atoms with E-state index in [9.17, 15) is 4.79 Å². The second-order valence-electron chi connectivity index (χ2n) is 4.72. The minimum atomic E-state index is 0.330. The van der Waals surface area contributed by atoms with Crippen LogP contribution in [0, 0.1) is 5.92 Å². The van der Waals surface area contributed by atoms with Gasteiger partial charge in [0.1, 0.15) is 0 Å². The number of ketones is 1. The van der Waals surface area contributed by atoms with E-state index in [1.54, 1.807) is 0 Å². The minimum Gasteiger partial charge on any atom is -0.289 e. The van der Waals surface area contributed by atoms with Crippen molar-refractivity contribution < 1.29 is 4.79 Å². The molecule has 0 aromatic carbocycles. The SMILES string of the molecule is CC1=C(C)C(=O)C2=C(CCCC2C)C1. The standard InChI is InChI=1S/C13H18O/c1-8-5-4-6-11-7-9(2)10(3)13(14)12(8)11/h8H,4-7H2,1-3H3. The second-order valence-corrected chi connectivity index (χ2v) is 4.72. The first-order chi connectivity index (χ1) is 6.61. The van der Waals surface area contributed by atoms with Crippen LogP contribution in [0.3, 0.4) is 0 Å². The van der Waals surface area contributed by atoms with E-state index in [0.717, 1.165) is 24.0 Å². The number of hydrogen-bond acceptors (Lipinski definition) is 1. The molecule has 0 spiro atoms. The Balaban J connectivity index is 2.41. The van der Waals surface area contributed by atoms with Crippen LogP contribution < -0.4 is 0 Å². The van der Waals surface area contributed by atoms with Crippen LogP contribution >= 0.6 is 0 Å². The zero-order chi connectivity index (χ0) is 10.3. The van der Waals surface area contributed by atoms with E-state index < -0.39 is 0 Å². The van der Waals surface area contributed by atoms with Crippen LogP contribution in [0.25, 0.3) is 0 Å². The molecule has 0 amide bonds. The van der Waals surface area contributed by atoms with E-state index >= 15 is 0 Å². The predicted octanol–water partition coefficient (Wildman–Crippen LogP) is 3.41. The smallest absolute Gasteiger partial charge is 0.184 e.